The summed E-state index contributed by atoms with van der Waals surface area (Å²) in [4.78, 5) is 0.182. The van der Waals surface area contributed by atoms with Gasteiger partial charge in [0.25, 0.3) is 10.1 Å². The maximum Gasteiger partial charge on any atom is 0.297 e. The molecule has 1 atom stereocenters. The first-order chi connectivity index (χ1) is 10.6. The van der Waals surface area contributed by atoms with Crippen LogP contribution in [-0.4, -0.2) is 38.8 Å². The van der Waals surface area contributed by atoms with Crippen molar-refractivity contribution in [3.05, 3.63) is 29.8 Å². The molecule has 0 fully saturated rings. The molecular formula is C17H29O4PS. The zero-order chi connectivity index (χ0) is 17.6. The number of hydrogen-bond acceptors (Lipinski definition) is 4. The topological polar surface area (TPSA) is 52.6 Å². The summed E-state index contributed by atoms with van der Waals surface area (Å²) in [6, 6.07) is 6.64. The molecule has 132 valence electrons. The summed E-state index contributed by atoms with van der Waals surface area (Å²) in [6.07, 6.45) is 0.428. The van der Waals surface area contributed by atoms with Gasteiger partial charge in [-0.15, -0.1) is 0 Å². The third kappa shape index (κ3) is 6.88. The van der Waals surface area contributed by atoms with Gasteiger partial charge in [-0.3, -0.25) is 4.18 Å². The Hall–Kier alpha value is -0.480. The monoisotopic (exact) mass is 360 g/mol. The summed E-state index contributed by atoms with van der Waals surface area (Å²) >= 11 is 0. The Morgan fingerprint density at radius 1 is 1.00 bits per heavy atom. The van der Waals surface area contributed by atoms with Gasteiger partial charge in [-0.25, -0.2) is 0 Å². The summed E-state index contributed by atoms with van der Waals surface area (Å²) in [5.41, 5.74) is 2.19. The van der Waals surface area contributed by atoms with Crippen LogP contribution in [0.2, 0.25) is 0 Å². The van der Waals surface area contributed by atoms with E-state index in [1.807, 2.05) is 13.8 Å². The van der Waals surface area contributed by atoms with E-state index in [0.29, 0.717) is 17.7 Å². The highest BCUT2D eigenvalue weighted by atomic mass is 32.2. The van der Waals surface area contributed by atoms with Crippen molar-refractivity contribution in [2.45, 2.75) is 63.9 Å². The Morgan fingerprint density at radius 3 is 2.00 bits per heavy atom. The van der Waals surface area contributed by atoms with E-state index in [2.05, 4.69) is 27.7 Å². The molecule has 0 amide bonds. The highest BCUT2D eigenvalue weighted by Crippen LogP contribution is 2.45. The van der Waals surface area contributed by atoms with Gasteiger partial charge in [-0.1, -0.05) is 53.3 Å². The van der Waals surface area contributed by atoms with Crippen LogP contribution in [0.3, 0.4) is 0 Å². The van der Waals surface area contributed by atoms with E-state index in [1.165, 1.54) is 0 Å². The third-order valence-electron chi connectivity index (χ3n) is 3.60. The highest BCUT2D eigenvalue weighted by Gasteiger charge is 2.20. The zero-order valence-corrected chi connectivity index (χ0v) is 16.7. The van der Waals surface area contributed by atoms with Crippen LogP contribution in [0.25, 0.3) is 0 Å². The molecule has 0 unspecified atom stereocenters. The minimum absolute atomic E-state index is 0.0373. The molecule has 1 aromatic carbocycles. The van der Waals surface area contributed by atoms with Crippen LogP contribution in [0.1, 0.15) is 40.2 Å². The minimum atomic E-state index is -3.72. The molecule has 0 spiro atoms. The summed E-state index contributed by atoms with van der Waals surface area (Å²) in [5.74, 6) is 0. The molecule has 0 radical (unpaired) electrons. The molecule has 1 rings (SSSR count). The Labute approximate surface area is 142 Å². The van der Waals surface area contributed by atoms with Crippen molar-refractivity contribution in [3.63, 3.8) is 0 Å². The standard InChI is InChI=1S/C17H29O4PS/c1-13(2)22(14(3)4)12-20-16(6)11-21-23(18,19)17-9-7-15(5)8-10-17/h7-10,13-14,16H,11-12H2,1-6H3/t16-/m1/s1. The van der Waals surface area contributed by atoms with Gasteiger partial charge in [-0.2, -0.15) is 8.42 Å². The molecular weight excluding hydrogens is 331 g/mol. The fourth-order valence-corrected chi connectivity index (χ4v) is 5.31. The minimum Gasteiger partial charge on any atom is -0.372 e. The summed E-state index contributed by atoms with van der Waals surface area (Å²) in [7, 11) is -3.94. The SMILES string of the molecule is Cc1ccc(S(=O)(=O)OC[C@@H](C)OCP(C(C)C)C(C)C)cc1. The second-order valence-corrected chi connectivity index (χ2v) is 11.3. The van der Waals surface area contributed by atoms with E-state index in [9.17, 15) is 8.42 Å². The van der Waals surface area contributed by atoms with Crippen LogP contribution in [0.15, 0.2) is 29.2 Å². The van der Waals surface area contributed by atoms with Crippen LogP contribution >= 0.6 is 7.92 Å². The summed E-state index contributed by atoms with van der Waals surface area (Å²) < 4.78 is 35.2. The fraction of sp³-hybridized carbons (Fsp3) is 0.647. The maximum atomic E-state index is 12.1. The molecule has 4 nitrogen and oxygen atoms in total. The fourth-order valence-electron chi connectivity index (χ4n) is 2.11. The van der Waals surface area contributed by atoms with Crippen molar-refractivity contribution in [1.82, 2.24) is 0 Å². The van der Waals surface area contributed by atoms with Crippen molar-refractivity contribution in [1.29, 1.82) is 0 Å². The molecule has 0 saturated heterocycles. The Morgan fingerprint density at radius 2 is 1.52 bits per heavy atom. The average molecular weight is 360 g/mol. The van der Waals surface area contributed by atoms with Crippen molar-refractivity contribution < 1.29 is 17.3 Å². The van der Waals surface area contributed by atoms with Crippen molar-refractivity contribution in [3.8, 4) is 0 Å². The molecule has 0 aromatic heterocycles. The Bertz CT molecular complexity index is 559. The largest absolute Gasteiger partial charge is 0.372 e. The lowest BCUT2D eigenvalue weighted by molar-refractivity contribution is 0.0617. The van der Waals surface area contributed by atoms with Crippen molar-refractivity contribution in [2.75, 3.05) is 13.0 Å². The molecule has 0 saturated carbocycles. The Balaban J connectivity index is 2.52. The van der Waals surface area contributed by atoms with Gasteiger partial charge in [-0.05, 0) is 37.3 Å². The smallest absolute Gasteiger partial charge is 0.297 e. The first-order valence-corrected chi connectivity index (χ1v) is 11.0. The number of hydrogen-bond donors (Lipinski definition) is 0. The number of rotatable bonds is 9. The van der Waals surface area contributed by atoms with Gasteiger partial charge in [0.15, 0.2) is 0 Å². The van der Waals surface area contributed by atoms with E-state index < -0.39 is 10.1 Å². The third-order valence-corrected chi connectivity index (χ3v) is 8.00. The molecule has 0 aliphatic carbocycles. The van der Waals surface area contributed by atoms with Gasteiger partial charge in [0, 0.05) is 0 Å². The predicted octanol–water partition coefficient (Wildman–Crippen LogP) is 4.36. The van der Waals surface area contributed by atoms with E-state index in [0.717, 1.165) is 5.56 Å². The van der Waals surface area contributed by atoms with Gasteiger partial charge >= 0.3 is 0 Å². The first kappa shape index (κ1) is 20.6. The molecule has 0 N–H and O–H groups in total. The number of aryl methyl sites for hydroxylation is 1. The van der Waals surface area contributed by atoms with Crippen molar-refractivity contribution >= 4 is 18.0 Å². The second kappa shape index (κ2) is 9.12. The quantitative estimate of drug-likeness (QED) is 0.485. The lowest BCUT2D eigenvalue weighted by atomic mass is 10.2. The number of ether oxygens (including phenoxy) is 1. The van der Waals surface area contributed by atoms with Gasteiger partial charge in [0.1, 0.15) is 0 Å². The predicted molar refractivity (Wildman–Crippen MR) is 96.9 cm³/mol. The average Bonchev–Trinajstić information content (AvgIpc) is 2.45. The van der Waals surface area contributed by atoms with Gasteiger partial charge in [0.05, 0.1) is 24.0 Å². The van der Waals surface area contributed by atoms with Crippen LogP contribution in [0.4, 0.5) is 0 Å². The van der Waals surface area contributed by atoms with Crippen LogP contribution in [0, 0.1) is 6.92 Å². The van der Waals surface area contributed by atoms with E-state index in [-0.39, 0.29) is 25.5 Å². The second-order valence-electron chi connectivity index (χ2n) is 6.36. The normalized spacial score (nSPS) is 14.0. The number of benzene rings is 1. The molecule has 0 heterocycles. The van der Waals surface area contributed by atoms with E-state index >= 15 is 0 Å². The Kier molecular flexibility index (Phi) is 8.15. The summed E-state index contributed by atoms with van der Waals surface area (Å²) in [5, 5.41) is 0. The summed E-state index contributed by atoms with van der Waals surface area (Å²) in [6.45, 7) is 12.6. The maximum absolute atomic E-state index is 12.1. The van der Waals surface area contributed by atoms with Gasteiger partial charge in [0.2, 0.25) is 0 Å². The van der Waals surface area contributed by atoms with Crippen LogP contribution < -0.4 is 0 Å². The van der Waals surface area contributed by atoms with E-state index in [1.54, 1.807) is 24.3 Å². The lowest BCUT2D eigenvalue weighted by Crippen LogP contribution is -2.21. The molecule has 6 heteroatoms. The van der Waals surface area contributed by atoms with Crippen LogP contribution in [-0.2, 0) is 19.0 Å². The molecule has 1 aromatic rings. The molecule has 0 aliphatic rings. The zero-order valence-electron chi connectivity index (χ0n) is 14.9. The lowest BCUT2D eigenvalue weighted by Gasteiger charge is -2.27. The highest BCUT2D eigenvalue weighted by molar-refractivity contribution is 7.86. The van der Waals surface area contributed by atoms with Crippen LogP contribution in [0.5, 0.6) is 0 Å². The van der Waals surface area contributed by atoms with Gasteiger partial charge < -0.3 is 4.74 Å². The van der Waals surface area contributed by atoms with E-state index in [4.69, 9.17) is 8.92 Å². The molecule has 0 aliphatic heterocycles. The van der Waals surface area contributed by atoms with Crippen molar-refractivity contribution in [2.24, 2.45) is 0 Å². The molecule has 23 heavy (non-hydrogen) atoms. The first-order valence-electron chi connectivity index (χ1n) is 7.97. The molecule has 0 bridgehead atoms.